The van der Waals surface area contributed by atoms with Crippen molar-refractivity contribution in [3.05, 3.63) is 0 Å². The predicted molar refractivity (Wildman–Crippen MR) is 97.0 cm³/mol. The topological polar surface area (TPSA) is 45.7 Å². The largest absolute Gasteiger partial charge is 0.383 e. The number of halogens is 1. The van der Waals surface area contributed by atoms with Crippen LogP contribution in [0.25, 0.3) is 0 Å². The molecule has 0 spiro atoms. The van der Waals surface area contributed by atoms with E-state index in [1.807, 2.05) is 0 Å². The lowest BCUT2D eigenvalue weighted by Gasteiger charge is -2.26. The summed E-state index contributed by atoms with van der Waals surface area (Å²) in [6.07, 6.45) is 6.84. The molecular weight excluding hydrogens is 365 g/mol. The van der Waals surface area contributed by atoms with E-state index in [2.05, 4.69) is 29.5 Å². The maximum Gasteiger partial charge on any atom is 0.191 e. The minimum absolute atomic E-state index is 0. The van der Waals surface area contributed by atoms with Gasteiger partial charge in [0.1, 0.15) is 0 Å². The number of hydrogen-bond acceptors (Lipinski definition) is 2. The number of hydrogen-bond donors (Lipinski definition) is 2. The van der Waals surface area contributed by atoms with Crippen LogP contribution < -0.4 is 10.6 Å². The molecule has 0 radical (unpaired) electrons. The van der Waals surface area contributed by atoms with E-state index in [4.69, 9.17) is 4.74 Å². The number of nitrogens with one attached hydrogen (secondary N) is 2. The predicted octanol–water partition coefficient (Wildman–Crippen LogP) is 3.02. The van der Waals surface area contributed by atoms with Crippen LogP contribution in [0.1, 0.15) is 46.0 Å². The zero-order chi connectivity index (χ0) is 13.9. The molecule has 0 saturated heterocycles. The van der Waals surface area contributed by atoms with Gasteiger partial charge in [-0.15, -0.1) is 24.0 Å². The van der Waals surface area contributed by atoms with Crippen LogP contribution in [-0.2, 0) is 4.74 Å². The molecule has 0 aliphatic heterocycles. The molecule has 4 nitrogen and oxygen atoms in total. The molecule has 2 atom stereocenters. The fourth-order valence-electron chi connectivity index (χ4n) is 2.79. The maximum atomic E-state index is 5.04. The first-order valence-electron chi connectivity index (χ1n) is 7.77. The van der Waals surface area contributed by atoms with Gasteiger partial charge >= 0.3 is 0 Å². The van der Waals surface area contributed by atoms with E-state index in [1.165, 1.54) is 32.1 Å². The summed E-state index contributed by atoms with van der Waals surface area (Å²) in [5.74, 6) is 2.72. The van der Waals surface area contributed by atoms with E-state index in [1.54, 1.807) is 7.11 Å². The highest BCUT2D eigenvalue weighted by molar-refractivity contribution is 14.0. The quantitative estimate of drug-likeness (QED) is 0.301. The van der Waals surface area contributed by atoms with Crippen molar-refractivity contribution in [3.8, 4) is 0 Å². The van der Waals surface area contributed by atoms with Crippen LogP contribution in [0.3, 0.4) is 0 Å². The highest BCUT2D eigenvalue weighted by Gasteiger charge is 2.18. The third kappa shape index (κ3) is 9.00. The van der Waals surface area contributed by atoms with E-state index < -0.39 is 0 Å². The molecule has 1 saturated carbocycles. The summed E-state index contributed by atoms with van der Waals surface area (Å²) in [7, 11) is 1.72. The van der Waals surface area contributed by atoms with Crippen molar-refractivity contribution in [2.75, 3.05) is 33.4 Å². The van der Waals surface area contributed by atoms with Crippen molar-refractivity contribution >= 4 is 29.9 Å². The summed E-state index contributed by atoms with van der Waals surface area (Å²) >= 11 is 0. The third-order valence-electron chi connectivity index (χ3n) is 3.80. The molecule has 2 N–H and O–H groups in total. The zero-order valence-corrected chi connectivity index (χ0v) is 15.6. The Morgan fingerprint density at radius 1 is 1.30 bits per heavy atom. The summed E-state index contributed by atoms with van der Waals surface area (Å²) in [6.45, 7) is 7.83. The number of methoxy groups -OCH3 is 1. The third-order valence-corrected chi connectivity index (χ3v) is 3.80. The smallest absolute Gasteiger partial charge is 0.191 e. The average molecular weight is 397 g/mol. The second kappa shape index (κ2) is 12.7. The lowest BCUT2D eigenvalue weighted by Crippen LogP contribution is -2.39. The van der Waals surface area contributed by atoms with Crippen LogP contribution in [-0.4, -0.2) is 39.3 Å². The minimum atomic E-state index is 0. The molecule has 1 rings (SSSR count). The fourth-order valence-corrected chi connectivity index (χ4v) is 2.79. The van der Waals surface area contributed by atoms with Crippen LogP contribution >= 0.6 is 24.0 Å². The Balaban J connectivity index is 0.00000361. The van der Waals surface area contributed by atoms with Crippen LogP contribution in [0.5, 0.6) is 0 Å². The normalized spacial score (nSPS) is 23.1. The molecule has 20 heavy (non-hydrogen) atoms. The highest BCUT2D eigenvalue weighted by atomic mass is 127. The molecular formula is C15H32IN3O. The average Bonchev–Trinajstić information content (AvgIpc) is 2.39. The lowest BCUT2D eigenvalue weighted by molar-refractivity contribution is 0.203. The van der Waals surface area contributed by atoms with Gasteiger partial charge in [0, 0.05) is 26.7 Å². The molecule has 0 bridgehead atoms. The number of ether oxygens (including phenoxy) is 1. The van der Waals surface area contributed by atoms with Crippen LogP contribution in [0.4, 0.5) is 0 Å². The molecule has 0 aromatic carbocycles. The Kier molecular flexibility index (Phi) is 12.7. The van der Waals surface area contributed by atoms with Crippen molar-refractivity contribution in [1.82, 2.24) is 10.6 Å². The Morgan fingerprint density at radius 2 is 2.10 bits per heavy atom. The summed E-state index contributed by atoms with van der Waals surface area (Å²) in [5, 5.41) is 6.55. The summed E-state index contributed by atoms with van der Waals surface area (Å²) in [6, 6.07) is 0. The number of aliphatic imine (C=N–C) groups is 1. The molecule has 0 amide bonds. The number of guanidine groups is 1. The van der Waals surface area contributed by atoms with E-state index >= 15 is 0 Å². The lowest BCUT2D eigenvalue weighted by atomic mass is 9.81. The molecule has 5 heteroatoms. The van der Waals surface area contributed by atoms with Crippen molar-refractivity contribution in [2.24, 2.45) is 16.8 Å². The minimum Gasteiger partial charge on any atom is -0.383 e. The van der Waals surface area contributed by atoms with Crippen molar-refractivity contribution in [2.45, 2.75) is 46.0 Å². The molecule has 1 aliphatic rings. The van der Waals surface area contributed by atoms with Gasteiger partial charge < -0.3 is 15.4 Å². The number of rotatable bonds is 7. The standard InChI is InChI=1S/C15H31N3O.HI/c1-4-16-15(18-10-11-19-3)17-9-8-14-7-5-6-13(2)12-14;/h13-14H,4-12H2,1-3H3,(H2,16,17,18);1H. The summed E-state index contributed by atoms with van der Waals surface area (Å²) in [5.41, 5.74) is 0. The Hall–Kier alpha value is -0.0400. The van der Waals surface area contributed by atoms with E-state index in [-0.39, 0.29) is 24.0 Å². The van der Waals surface area contributed by atoms with Gasteiger partial charge in [-0.1, -0.05) is 26.2 Å². The maximum absolute atomic E-state index is 5.04. The van der Waals surface area contributed by atoms with E-state index in [0.29, 0.717) is 6.61 Å². The van der Waals surface area contributed by atoms with Crippen LogP contribution in [0, 0.1) is 11.8 Å². The monoisotopic (exact) mass is 397 g/mol. The Morgan fingerprint density at radius 3 is 2.75 bits per heavy atom. The Bertz CT molecular complexity index is 262. The first-order valence-corrected chi connectivity index (χ1v) is 7.77. The van der Waals surface area contributed by atoms with Crippen molar-refractivity contribution in [3.63, 3.8) is 0 Å². The molecule has 2 unspecified atom stereocenters. The molecule has 0 aromatic rings. The van der Waals surface area contributed by atoms with Gasteiger partial charge in [0.15, 0.2) is 5.96 Å². The first kappa shape index (κ1) is 20.0. The number of nitrogens with zero attached hydrogens (tertiary/aromatic N) is 1. The zero-order valence-electron chi connectivity index (χ0n) is 13.3. The van der Waals surface area contributed by atoms with Crippen molar-refractivity contribution in [1.29, 1.82) is 0 Å². The van der Waals surface area contributed by atoms with Gasteiger partial charge in [0.25, 0.3) is 0 Å². The SMILES string of the molecule is CCNC(=NCCC1CCCC(C)C1)NCCOC.I. The van der Waals surface area contributed by atoms with E-state index in [9.17, 15) is 0 Å². The second-order valence-corrected chi connectivity index (χ2v) is 5.61. The van der Waals surface area contributed by atoms with Crippen molar-refractivity contribution < 1.29 is 4.74 Å². The molecule has 0 aromatic heterocycles. The molecule has 1 aliphatic carbocycles. The second-order valence-electron chi connectivity index (χ2n) is 5.61. The molecule has 0 heterocycles. The van der Waals surface area contributed by atoms with Crippen LogP contribution in [0.2, 0.25) is 0 Å². The van der Waals surface area contributed by atoms with Crippen LogP contribution in [0.15, 0.2) is 4.99 Å². The molecule has 120 valence electrons. The van der Waals surface area contributed by atoms with Gasteiger partial charge in [-0.05, 0) is 31.6 Å². The van der Waals surface area contributed by atoms with Gasteiger partial charge in [0.2, 0.25) is 0 Å². The fraction of sp³-hybridized carbons (Fsp3) is 0.933. The summed E-state index contributed by atoms with van der Waals surface area (Å²) in [4.78, 5) is 4.64. The van der Waals surface area contributed by atoms with Gasteiger partial charge in [-0.3, -0.25) is 4.99 Å². The van der Waals surface area contributed by atoms with Gasteiger partial charge in [0.05, 0.1) is 6.61 Å². The van der Waals surface area contributed by atoms with E-state index in [0.717, 1.165) is 37.4 Å². The molecule has 1 fully saturated rings. The van der Waals surface area contributed by atoms with Gasteiger partial charge in [-0.25, -0.2) is 0 Å². The highest BCUT2D eigenvalue weighted by Crippen LogP contribution is 2.30. The van der Waals surface area contributed by atoms with Gasteiger partial charge in [-0.2, -0.15) is 0 Å². The summed E-state index contributed by atoms with van der Waals surface area (Å²) < 4.78 is 5.04. The Labute approximate surface area is 141 Å². The first-order chi connectivity index (χ1) is 9.26.